The van der Waals surface area contributed by atoms with Crippen molar-refractivity contribution in [2.75, 3.05) is 11.1 Å². The monoisotopic (exact) mass is 503 g/mol. The number of thioether (sulfide) groups is 1. The van der Waals surface area contributed by atoms with Crippen LogP contribution in [0.25, 0.3) is 0 Å². The highest BCUT2D eigenvalue weighted by Crippen LogP contribution is 2.33. The number of amides is 1. The average Bonchev–Trinajstić information content (AvgIpc) is 2.85. The average molecular weight is 504 g/mol. The molecule has 0 aromatic heterocycles. The number of esters is 2. The van der Waals surface area contributed by atoms with Crippen molar-refractivity contribution in [2.45, 2.75) is 31.6 Å². The number of carbonyl (C=O) groups excluding carboxylic acids is 4. The van der Waals surface area contributed by atoms with Crippen LogP contribution in [-0.4, -0.2) is 29.4 Å². The van der Waals surface area contributed by atoms with E-state index in [0.717, 1.165) is 16.0 Å². The van der Waals surface area contributed by atoms with E-state index >= 15 is 0 Å². The normalized spacial score (nSPS) is 14.5. The molecule has 1 atom stereocenters. The minimum atomic E-state index is -0.717. The molecule has 0 radical (unpaired) electrons. The van der Waals surface area contributed by atoms with Crippen LogP contribution in [0.15, 0.2) is 71.6 Å². The molecule has 1 N–H and O–H groups in total. The molecule has 1 aliphatic heterocycles. The molecule has 1 aliphatic rings. The van der Waals surface area contributed by atoms with Crippen molar-refractivity contribution in [1.29, 1.82) is 0 Å². The molecule has 0 saturated heterocycles. The first-order chi connectivity index (χ1) is 17.3. The lowest BCUT2D eigenvalue weighted by Crippen LogP contribution is -2.34. The second-order valence-corrected chi connectivity index (χ2v) is 9.44. The summed E-state index contributed by atoms with van der Waals surface area (Å²) in [6.07, 6.45) is 1.36. The van der Waals surface area contributed by atoms with E-state index in [9.17, 15) is 19.2 Å². The fraction of sp³-hybridized carbons (Fsp3) is 0.214. The van der Waals surface area contributed by atoms with Crippen LogP contribution < -0.4 is 14.8 Å². The molecular formula is C28H25NO6S. The zero-order valence-corrected chi connectivity index (χ0v) is 20.7. The topological polar surface area (TPSA) is 98.8 Å². The molecule has 36 heavy (non-hydrogen) atoms. The maximum Gasteiger partial charge on any atom is 0.308 e. The maximum atomic E-state index is 12.8. The zero-order valence-electron chi connectivity index (χ0n) is 19.9. The van der Waals surface area contributed by atoms with Crippen LogP contribution in [-0.2, 0) is 27.2 Å². The minimum absolute atomic E-state index is 0.147. The van der Waals surface area contributed by atoms with Crippen LogP contribution in [0.5, 0.6) is 11.5 Å². The summed E-state index contributed by atoms with van der Waals surface area (Å²) in [6, 6.07) is 19.9. The fourth-order valence-electron chi connectivity index (χ4n) is 3.88. The summed E-state index contributed by atoms with van der Waals surface area (Å²) >= 11 is 1.52. The van der Waals surface area contributed by atoms with Crippen LogP contribution in [0.2, 0.25) is 0 Å². The first-order valence-electron chi connectivity index (χ1n) is 11.5. The minimum Gasteiger partial charge on any atom is -0.423 e. The Kier molecular flexibility index (Phi) is 7.85. The summed E-state index contributed by atoms with van der Waals surface area (Å²) in [4.78, 5) is 49.1. The Bertz CT molecular complexity index is 1320. The number of hydrogen-bond donors (Lipinski definition) is 1. The molecule has 0 spiro atoms. The van der Waals surface area contributed by atoms with E-state index in [4.69, 9.17) is 9.47 Å². The lowest BCUT2D eigenvalue weighted by atomic mass is 9.97. The highest BCUT2D eigenvalue weighted by molar-refractivity contribution is 7.99. The van der Waals surface area contributed by atoms with Gasteiger partial charge in [0.15, 0.2) is 17.3 Å². The lowest BCUT2D eigenvalue weighted by molar-refractivity contribution is -0.134. The lowest BCUT2D eigenvalue weighted by Gasteiger charge is -2.22. The summed E-state index contributed by atoms with van der Waals surface area (Å²) in [5, 5.41) is 2.86. The van der Waals surface area contributed by atoms with Crippen molar-refractivity contribution in [1.82, 2.24) is 0 Å². The summed E-state index contributed by atoms with van der Waals surface area (Å²) < 4.78 is 10.3. The van der Waals surface area contributed by atoms with Gasteiger partial charge < -0.3 is 14.8 Å². The number of carbonyl (C=O) groups is 4. The Balaban J connectivity index is 1.36. The molecule has 4 rings (SSSR count). The van der Waals surface area contributed by atoms with Gasteiger partial charge in [-0.1, -0.05) is 36.4 Å². The van der Waals surface area contributed by atoms with Gasteiger partial charge in [-0.15, -0.1) is 11.8 Å². The van der Waals surface area contributed by atoms with Gasteiger partial charge in [-0.05, 0) is 54.3 Å². The number of hydrogen-bond acceptors (Lipinski definition) is 7. The largest absolute Gasteiger partial charge is 0.423 e. The summed E-state index contributed by atoms with van der Waals surface area (Å²) in [6.45, 7) is 2.56. The second kappa shape index (κ2) is 11.2. The molecule has 0 bridgehead atoms. The summed E-state index contributed by atoms with van der Waals surface area (Å²) in [5.74, 6) is -1.36. The number of aryl methyl sites for hydroxylation is 2. The summed E-state index contributed by atoms with van der Waals surface area (Å²) in [7, 11) is 0. The third-order valence-electron chi connectivity index (χ3n) is 5.63. The predicted octanol–water partition coefficient (Wildman–Crippen LogP) is 4.87. The smallest absolute Gasteiger partial charge is 0.308 e. The van der Waals surface area contributed by atoms with E-state index in [0.29, 0.717) is 29.8 Å². The van der Waals surface area contributed by atoms with Gasteiger partial charge in [0.1, 0.15) is 5.92 Å². The van der Waals surface area contributed by atoms with E-state index < -0.39 is 17.9 Å². The van der Waals surface area contributed by atoms with Crippen LogP contribution in [0.3, 0.4) is 0 Å². The molecule has 1 amide bonds. The molecule has 0 saturated carbocycles. The maximum absolute atomic E-state index is 12.8. The van der Waals surface area contributed by atoms with Gasteiger partial charge in [-0.25, -0.2) is 0 Å². The van der Waals surface area contributed by atoms with Gasteiger partial charge in [0.2, 0.25) is 5.91 Å². The van der Waals surface area contributed by atoms with E-state index in [1.807, 2.05) is 48.5 Å². The fourth-order valence-corrected chi connectivity index (χ4v) is 5.03. The number of ketones is 1. The van der Waals surface area contributed by atoms with Crippen LogP contribution in [0.1, 0.15) is 35.3 Å². The number of benzene rings is 3. The first kappa shape index (κ1) is 25.2. The molecule has 7 nitrogen and oxygen atoms in total. The highest BCUT2D eigenvalue weighted by atomic mass is 32.2. The van der Waals surface area contributed by atoms with Crippen molar-refractivity contribution in [3.8, 4) is 11.5 Å². The third kappa shape index (κ3) is 6.20. The molecule has 0 aliphatic carbocycles. The molecular weight excluding hydrogens is 478 g/mol. The Hall–Kier alpha value is -3.91. The number of rotatable bonds is 7. The molecule has 1 unspecified atom stereocenters. The SMILES string of the molecule is CC(=O)Oc1ccc(CCc2ccc(NC(=O)C3CSc4ccccc4C3=O)cc2)cc1OC(C)=O. The molecule has 8 heteroatoms. The molecule has 1 heterocycles. The molecule has 184 valence electrons. The molecule has 3 aromatic carbocycles. The molecule has 0 fully saturated rings. The predicted molar refractivity (Wildman–Crippen MR) is 137 cm³/mol. The van der Waals surface area contributed by atoms with E-state index in [-0.39, 0.29) is 23.2 Å². The van der Waals surface area contributed by atoms with E-state index in [1.54, 1.807) is 18.2 Å². The number of ether oxygens (including phenoxy) is 2. The van der Waals surface area contributed by atoms with E-state index in [2.05, 4.69) is 5.32 Å². The van der Waals surface area contributed by atoms with Crippen LogP contribution in [0.4, 0.5) is 5.69 Å². The van der Waals surface area contributed by atoms with Gasteiger partial charge in [0.25, 0.3) is 0 Å². The first-order valence-corrected chi connectivity index (χ1v) is 12.4. The number of anilines is 1. The van der Waals surface area contributed by atoms with Crippen LogP contribution in [0, 0.1) is 5.92 Å². The van der Waals surface area contributed by atoms with Crippen molar-refractivity contribution in [3.63, 3.8) is 0 Å². The van der Waals surface area contributed by atoms with Crippen molar-refractivity contribution < 1.29 is 28.7 Å². The van der Waals surface area contributed by atoms with Crippen LogP contribution >= 0.6 is 11.8 Å². The second-order valence-electron chi connectivity index (χ2n) is 8.38. The zero-order chi connectivity index (χ0) is 25.7. The Labute approximate surface area is 213 Å². The number of nitrogens with one attached hydrogen (secondary N) is 1. The Morgan fingerprint density at radius 3 is 2.22 bits per heavy atom. The molecule has 3 aromatic rings. The van der Waals surface area contributed by atoms with Gasteiger partial charge in [0, 0.05) is 35.7 Å². The standard InChI is InChI=1S/C28H25NO6S/c1-17(30)34-24-14-11-20(15-25(24)35-18(2)31)8-7-19-9-12-21(13-10-19)29-28(33)23-16-36-26-6-4-3-5-22(26)27(23)32/h3-6,9-15,23H,7-8,16H2,1-2H3,(H,29,33). The van der Waals surface area contributed by atoms with Gasteiger partial charge in [-0.3, -0.25) is 19.2 Å². The quantitative estimate of drug-likeness (QED) is 0.279. The number of fused-ring (bicyclic) bond motifs is 1. The van der Waals surface area contributed by atoms with Gasteiger partial charge >= 0.3 is 11.9 Å². The van der Waals surface area contributed by atoms with Gasteiger partial charge in [0.05, 0.1) is 0 Å². The van der Waals surface area contributed by atoms with Gasteiger partial charge in [-0.2, -0.15) is 0 Å². The highest BCUT2D eigenvalue weighted by Gasteiger charge is 2.33. The van der Waals surface area contributed by atoms with Crippen molar-refractivity contribution >= 4 is 41.1 Å². The third-order valence-corrected chi connectivity index (χ3v) is 6.80. The summed E-state index contributed by atoms with van der Waals surface area (Å²) in [5.41, 5.74) is 3.18. The number of Topliss-reactive ketones (excluding diaryl/α,β-unsaturated/α-hetero) is 1. The van der Waals surface area contributed by atoms with Crippen molar-refractivity contribution in [2.24, 2.45) is 5.92 Å². The Morgan fingerprint density at radius 1 is 0.861 bits per heavy atom. The Morgan fingerprint density at radius 2 is 1.50 bits per heavy atom. The van der Waals surface area contributed by atoms with Crippen molar-refractivity contribution in [3.05, 3.63) is 83.4 Å². The van der Waals surface area contributed by atoms with E-state index in [1.165, 1.54) is 25.6 Å².